The quantitative estimate of drug-likeness (QED) is 0.319. The normalized spacial score (nSPS) is 11.0. The molecule has 0 aliphatic rings. The second-order valence-electron chi connectivity index (χ2n) is 4.99. The molecule has 0 heterocycles. The molecule has 0 aliphatic carbocycles. The van der Waals surface area contributed by atoms with Gasteiger partial charge in [-0.05, 0) is 14.1 Å². The predicted molar refractivity (Wildman–Crippen MR) is 80.3 cm³/mol. The van der Waals surface area contributed by atoms with E-state index in [1.54, 1.807) is 14.1 Å². The van der Waals surface area contributed by atoms with E-state index in [4.69, 9.17) is 19.7 Å². The molecule has 8 nitrogen and oxygen atoms in total. The molecule has 0 aliphatic heterocycles. The summed E-state index contributed by atoms with van der Waals surface area (Å²) in [6, 6.07) is 0. The summed E-state index contributed by atoms with van der Waals surface area (Å²) < 4.78 is 9.87. The highest BCUT2D eigenvalue weighted by molar-refractivity contribution is 5.70. The second-order valence-corrected chi connectivity index (χ2v) is 4.99. The van der Waals surface area contributed by atoms with Gasteiger partial charge < -0.3 is 29.5 Å². The molecule has 0 amide bonds. The largest absolute Gasteiger partial charge is 0.462 e. The van der Waals surface area contributed by atoms with E-state index in [1.165, 1.54) is 0 Å². The fraction of sp³-hybridized carbons (Fsp3) is 0.857. The van der Waals surface area contributed by atoms with Gasteiger partial charge >= 0.3 is 11.9 Å². The predicted octanol–water partition coefficient (Wildman–Crippen LogP) is -1.30. The summed E-state index contributed by atoms with van der Waals surface area (Å²) in [5.74, 6) is -0.716. The van der Waals surface area contributed by atoms with Crippen LogP contribution in [-0.2, 0) is 19.1 Å². The fourth-order valence-corrected chi connectivity index (χ4v) is 1.58. The van der Waals surface area contributed by atoms with Gasteiger partial charge in [0.25, 0.3) is 0 Å². The Hall–Kier alpha value is -1.22. The molecule has 0 fully saturated rings. The molecule has 0 atom stereocenters. The van der Waals surface area contributed by atoms with Gasteiger partial charge in [-0.2, -0.15) is 0 Å². The third kappa shape index (κ3) is 12.5. The molecule has 0 spiro atoms. The molecule has 0 aromatic heterocycles. The zero-order valence-electron chi connectivity index (χ0n) is 13.5. The Labute approximate surface area is 131 Å². The molecule has 0 aromatic rings. The molecule has 2 N–H and O–H groups in total. The van der Waals surface area contributed by atoms with Crippen LogP contribution in [0.4, 0.5) is 0 Å². The van der Waals surface area contributed by atoms with Crippen LogP contribution in [0, 0.1) is 0 Å². The van der Waals surface area contributed by atoms with Crippen molar-refractivity contribution >= 4 is 11.9 Å². The first-order valence-corrected chi connectivity index (χ1v) is 7.39. The van der Waals surface area contributed by atoms with Gasteiger partial charge in [0, 0.05) is 26.2 Å². The number of esters is 2. The molecule has 0 radical (unpaired) electrons. The van der Waals surface area contributed by atoms with Crippen LogP contribution in [0.25, 0.3) is 0 Å². The van der Waals surface area contributed by atoms with E-state index in [0.29, 0.717) is 26.2 Å². The minimum absolute atomic E-state index is 0.0424. The molecule has 0 aromatic carbocycles. The van der Waals surface area contributed by atoms with Gasteiger partial charge in [0.2, 0.25) is 0 Å². The van der Waals surface area contributed by atoms with Crippen molar-refractivity contribution in [3.63, 3.8) is 0 Å². The van der Waals surface area contributed by atoms with Crippen molar-refractivity contribution in [2.45, 2.75) is 12.8 Å². The monoisotopic (exact) mass is 320 g/mol. The number of hydrogen-bond donors (Lipinski definition) is 2. The Morgan fingerprint density at radius 2 is 1.14 bits per heavy atom. The topological polar surface area (TPSA) is 99.5 Å². The summed E-state index contributed by atoms with van der Waals surface area (Å²) >= 11 is 0. The van der Waals surface area contributed by atoms with Crippen molar-refractivity contribution in [2.24, 2.45) is 0 Å². The van der Waals surface area contributed by atoms with E-state index in [1.807, 2.05) is 9.80 Å². The Kier molecular flexibility index (Phi) is 12.7. The summed E-state index contributed by atoms with van der Waals surface area (Å²) in [5.41, 5.74) is 0. The highest BCUT2D eigenvalue weighted by atomic mass is 16.6. The minimum atomic E-state index is -0.358. The van der Waals surface area contributed by atoms with Crippen LogP contribution in [0.15, 0.2) is 0 Å². The molecule has 8 heteroatoms. The minimum Gasteiger partial charge on any atom is -0.462 e. The van der Waals surface area contributed by atoms with Crippen molar-refractivity contribution < 1.29 is 29.3 Å². The summed E-state index contributed by atoms with van der Waals surface area (Å²) in [6.07, 6.45) is 0.465. The Balaban J connectivity index is 3.54. The zero-order chi connectivity index (χ0) is 16.8. The lowest BCUT2D eigenvalue weighted by Gasteiger charge is -2.15. The van der Waals surface area contributed by atoms with E-state index in [2.05, 4.69) is 0 Å². The van der Waals surface area contributed by atoms with E-state index in [-0.39, 0.29) is 51.2 Å². The first-order chi connectivity index (χ1) is 10.5. The number of hydrogen-bond acceptors (Lipinski definition) is 8. The third-order valence-corrected chi connectivity index (χ3v) is 2.97. The molecular weight excluding hydrogens is 292 g/mol. The van der Waals surface area contributed by atoms with E-state index < -0.39 is 0 Å². The molecule has 0 saturated heterocycles. The average molecular weight is 320 g/mol. The van der Waals surface area contributed by atoms with Crippen LogP contribution in [0.3, 0.4) is 0 Å². The summed E-state index contributed by atoms with van der Waals surface area (Å²) in [7, 11) is 3.61. The summed E-state index contributed by atoms with van der Waals surface area (Å²) in [5, 5.41) is 17.4. The van der Waals surface area contributed by atoms with Gasteiger partial charge in [-0.3, -0.25) is 9.59 Å². The Bertz CT molecular complexity index is 284. The van der Waals surface area contributed by atoms with E-state index in [0.717, 1.165) is 0 Å². The lowest BCUT2D eigenvalue weighted by Crippen LogP contribution is -2.26. The van der Waals surface area contributed by atoms with Crippen LogP contribution in [-0.4, -0.2) is 98.7 Å². The molecule has 0 rings (SSSR count). The van der Waals surface area contributed by atoms with Gasteiger partial charge in [-0.25, -0.2) is 0 Å². The highest BCUT2D eigenvalue weighted by Gasteiger charge is 2.08. The number of likely N-dealkylation sites (N-methyl/N-ethyl adjacent to an activating group) is 2. The van der Waals surface area contributed by atoms with Crippen molar-refractivity contribution in [3.05, 3.63) is 0 Å². The maximum Gasteiger partial charge on any atom is 0.307 e. The fourth-order valence-electron chi connectivity index (χ4n) is 1.58. The van der Waals surface area contributed by atoms with Crippen LogP contribution >= 0.6 is 0 Å². The number of rotatable bonds is 13. The van der Waals surface area contributed by atoms with E-state index >= 15 is 0 Å². The van der Waals surface area contributed by atoms with Crippen LogP contribution in [0.2, 0.25) is 0 Å². The first-order valence-electron chi connectivity index (χ1n) is 7.39. The maximum absolute atomic E-state index is 11.4. The lowest BCUT2D eigenvalue weighted by atomic mass is 10.4. The van der Waals surface area contributed by atoms with Crippen molar-refractivity contribution in [3.8, 4) is 0 Å². The summed E-state index contributed by atoms with van der Waals surface area (Å²) in [4.78, 5) is 26.4. The lowest BCUT2D eigenvalue weighted by molar-refractivity contribution is -0.152. The highest BCUT2D eigenvalue weighted by Crippen LogP contribution is 1.93. The third-order valence-electron chi connectivity index (χ3n) is 2.97. The maximum atomic E-state index is 11.4. The van der Waals surface area contributed by atoms with Gasteiger partial charge in [0.15, 0.2) is 0 Å². The zero-order valence-corrected chi connectivity index (χ0v) is 13.5. The molecule has 22 heavy (non-hydrogen) atoms. The van der Waals surface area contributed by atoms with E-state index in [9.17, 15) is 9.59 Å². The summed E-state index contributed by atoms with van der Waals surface area (Å²) in [6.45, 7) is 2.23. The Morgan fingerprint density at radius 3 is 1.45 bits per heavy atom. The smallest absolute Gasteiger partial charge is 0.307 e. The first kappa shape index (κ1) is 20.8. The molecule has 0 bridgehead atoms. The van der Waals surface area contributed by atoms with Gasteiger partial charge in [-0.15, -0.1) is 0 Å². The van der Waals surface area contributed by atoms with Gasteiger partial charge in [0.05, 0.1) is 26.1 Å². The average Bonchev–Trinajstić information content (AvgIpc) is 2.48. The van der Waals surface area contributed by atoms with Gasteiger partial charge in [0.1, 0.15) is 13.2 Å². The van der Waals surface area contributed by atoms with Crippen molar-refractivity contribution in [2.75, 3.05) is 66.7 Å². The number of carbonyl (C=O) groups is 2. The van der Waals surface area contributed by atoms with Crippen LogP contribution < -0.4 is 0 Å². The van der Waals surface area contributed by atoms with Crippen molar-refractivity contribution in [1.29, 1.82) is 0 Å². The second kappa shape index (κ2) is 13.4. The number of aliphatic hydroxyl groups is 2. The number of carbonyl (C=O) groups excluding carboxylic acids is 2. The van der Waals surface area contributed by atoms with Crippen LogP contribution in [0.5, 0.6) is 0 Å². The molecule has 0 unspecified atom stereocenters. The Morgan fingerprint density at radius 1 is 0.773 bits per heavy atom. The standard InChI is InChI=1S/C14H28N2O6/c1-15(7-9-17)5-3-13(19)21-11-12-22-14(20)4-6-16(2)8-10-18/h17-18H,3-12H2,1-2H3. The van der Waals surface area contributed by atoms with Gasteiger partial charge in [-0.1, -0.05) is 0 Å². The number of ether oxygens (including phenoxy) is 2. The van der Waals surface area contributed by atoms with Crippen molar-refractivity contribution in [1.82, 2.24) is 9.80 Å². The molecular formula is C14H28N2O6. The van der Waals surface area contributed by atoms with Crippen LogP contribution in [0.1, 0.15) is 12.8 Å². The number of nitrogens with zero attached hydrogens (tertiary/aromatic N) is 2. The molecule has 130 valence electrons. The number of aliphatic hydroxyl groups excluding tert-OH is 2. The molecule has 0 saturated carbocycles. The SMILES string of the molecule is CN(CCO)CCC(=O)OCCOC(=O)CCN(C)CCO.